The summed E-state index contributed by atoms with van der Waals surface area (Å²) in [6.07, 6.45) is 0.0984. The van der Waals surface area contributed by atoms with Gasteiger partial charge in [0.1, 0.15) is 6.04 Å². The molecular formula is C15H15N3O5S2. The lowest BCUT2D eigenvalue weighted by Crippen LogP contribution is -2.42. The zero-order chi connectivity index (χ0) is 18.4. The Bertz CT molecular complexity index is 967. The monoisotopic (exact) mass is 381 g/mol. The van der Waals surface area contributed by atoms with Crippen molar-refractivity contribution in [2.45, 2.75) is 30.5 Å². The van der Waals surface area contributed by atoms with Gasteiger partial charge in [-0.3, -0.25) is 9.10 Å². The number of amides is 1. The van der Waals surface area contributed by atoms with E-state index in [4.69, 9.17) is 0 Å². The average molecular weight is 381 g/mol. The Morgan fingerprint density at radius 1 is 1.36 bits per heavy atom. The molecule has 2 heterocycles. The summed E-state index contributed by atoms with van der Waals surface area (Å²) in [5.41, 5.74) is 1.22. The van der Waals surface area contributed by atoms with E-state index in [9.17, 15) is 23.1 Å². The van der Waals surface area contributed by atoms with E-state index < -0.39 is 22.0 Å². The van der Waals surface area contributed by atoms with Crippen molar-refractivity contribution in [1.82, 2.24) is 4.98 Å². The highest BCUT2D eigenvalue weighted by Crippen LogP contribution is 2.39. The Morgan fingerprint density at radius 3 is 2.68 bits per heavy atom. The number of rotatable bonds is 4. The number of carboxylic acids is 1. The third kappa shape index (κ3) is 2.98. The normalized spacial score (nSPS) is 16.6. The molecule has 0 bridgehead atoms. The maximum absolute atomic E-state index is 13.2. The summed E-state index contributed by atoms with van der Waals surface area (Å²) in [4.78, 5) is 26.8. The summed E-state index contributed by atoms with van der Waals surface area (Å²) >= 11 is 0.804. The SMILES string of the molecule is CC(=O)Nc1nc(C)c(S(=O)(=O)N2c3ccccc3CC2C(=O)O)s1. The number of aliphatic carboxylic acids is 1. The summed E-state index contributed by atoms with van der Waals surface area (Å²) < 4.78 is 27.2. The minimum Gasteiger partial charge on any atom is -0.480 e. The number of thiazole rings is 1. The molecule has 0 aliphatic carbocycles. The van der Waals surface area contributed by atoms with Crippen LogP contribution in [0.1, 0.15) is 18.2 Å². The number of carbonyl (C=O) groups excluding carboxylic acids is 1. The lowest BCUT2D eigenvalue weighted by molar-refractivity contribution is -0.138. The van der Waals surface area contributed by atoms with Crippen molar-refractivity contribution in [3.8, 4) is 0 Å². The number of carbonyl (C=O) groups is 2. The van der Waals surface area contributed by atoms with Gasteiger partial charge in [0.05, 0.1) is 11.4 Å². The topological polar surface area (TPSA) is 117 Å². The van der Waals surface area contributed by atoms with Crippen molar-refractivity contribution < 1.29 is 23.1 Å². The molecule has 0 radical (unpaired) electrons. The number of hydrogen-bond acceptors (Lipinski definition) is 6. The number of nitrogens with zero attached hydrogens (tertiary/aromatic N) is 2. The third-order valence-electron chi connectivity index (χ3n) is 3.74. The molecule has 3 rings (SSSR count). The molecule has 1 aliphatic heterocycles. The molecule has 2 aromatic rings. The standard InChI is InChI=1S/C15H15N3O5S2/c1-8-14(24-15(16-8)17-9(2)19)25(22,23)18-11-6-4-3-5-10(11)7-12(18)13(20)21/h3-6,12H,7H2,1-2H3,(H,20,21)(H,16,17,19). The molecule has 0 spiro atoms. The van der Waals surface area contributed by atoms with Crippen molar-refractivity contribution in [3.05, 3.63) is 35.5 Å². The second-order valence-electron chi connectivity index (χ2n) is 5.56. The van der Waals surface area contributed by atoms with Gasteiger partial charge in [-0.25, -0.2) is 18.2 Å². The molecule has 1 aromatic heterocycles. The second kappa shape index (κ2) is 6.12. The summed E-state index contributed by atoms with van der Waals surface area (Å²) in [7, 11) is -4.13. The van der Waals surface area contributed by atoms with Crippen molar-refractivity contribution in [1.29, 1.82) is 0 Å². The van der Waals surface area contributed by atoms with E-state index in [0.717, 1.165) is 15.6 Å². The van der Waals surface area contributed by atoms with Gasteiger partial charge < -0.3 is 10.4 Å². The van der Waals surface area contributed by atoms with E-state index in [1.807, 2.05) is 0 Å². The molecule has 8 nitrogen and oxygen atoms in total. The zero-order valence-electron chi connectivity index (χ0n) is 13.4. The molecule has 1 aromatic carbocycles. The van der Waals surface area contributed by atoms with Crippen LogP contribution in [0.15, 0.2) is 28.5 Å². The first-order valence-electron chi connectivity index (χ1n) is 7.32. The van der Waals surface area contributed by atoms with Gasteiger partial charge in [-0.15, -0.1) is 0 Å². The first-order chi connectivity index (χ1) is 11.7. The van der Waals surface area contributed by atoms with Gasteiger partial charge in [-0.1, -0.05) is 29.5 Å². The number of aryl methyl sites for hydroxylation is 1. The van der Waals surface area contributed by atoms with Gasteiger partial charge in [0.15, 0.2) is 9.34 Å². The van der Waals surface area contributed by atoms with Crippen LogP contribution in [-0.4, -0.2) is 36.4 Å². The van der Waals surface area contributed by atoms with E-state index >= 15 is 0 Å². The molecule has 0 saturated heterocycles. The number of benzene rings is 1. The lowest BCUT2D eigenvalue weighted by Gasteiger charge is -2.23. The maximum atomic E-state index is 13.2. The van der Waals surface area contributed by atoms with Crippen molar-refractivity contribution in [2.75, 3.05) is 9.62 Å². The zero-order valence-corrected chi connectivity index (χ0v) is 15.0. The number of para-hydroxylation sites is 1. The fourth-order valence-corrected chi connectivity index (χ4v) is 5.94. The van der Waals surface area contributed by atoms with Gasteiger partial charge >= 0.3 is 5.97 Å². The van der Waals surface area contributed by atoms with Crippen LogP contribution in [0.2, 0.25) is 0 Å². The minimum atomic E-state index is -4.13. The number of hydrogen-bond donors (Lipinski definition) is 2. The number of sulfonamides is 1. The number of fused-ring (bicyclic) bond motifs is 1. The van der Waals surface area contributed by atoms with Gasteiger partial charge in [0.2, 0.25) is 5.91 Å². The molecule has 0 saturated carbocycles. The van der Waals surface area contributed by atoms with E-state index in [1.165, 1.54) is 13.8 Å². The van der Waals surface area contributed by atoms with Crippen LogP contribution in [-0.2, 0) is 26.0 Å². The largest absolute Gasteiger partial charge is 0.480 e. The van der Waals surface area contributed by atoms with Crippen molar-refractivity contribution in [2.24, 2.45) is 0 Å². The molecule has 2 N–H and O–H groups in total. The van der Waals surface area contributed by atoms with E-state index in [0.29, 0.717) is 11.3 Å². The molecule has 1 amide bonds. The Labute approximate surface area is 148 Å². The molecule has 1 atom stereocenters. The van der Waals surface area contributed by atoms with Crippen LogP contribution in [0.25, 0.3) is 0 Å². The van der Waals surface area contributed by atoms with Crippen LogP contribution >= 0.6 is 11.3 Å². The molecule has 0 fully saturated rings. The van der Waals surface area contributed by atoms with Gasteiger partial charge in [-0.2, -0.15) is 0 Å². The first-order valence-corrected chi connectivity index (χ1v) is 9.57. The highest BCUT2D eigenvalue weighted by molar-refractivity contribution is 7.95. The highest BCUT2D eigenvalue weighted by atomic mass is 32.2. The molecule has 1 aliphatic rings. The second-order valence-corrected chi connectivity index (χ2v) is 8.57. The number of aromatic nitrogens is 1. The molecular weight excluding hydrogens is 366 g/mol. The minimum absolute atomic E-state index is 0.0841. The van der Waals surface area contributed by atoms with Crippen LogP contribution < -0.4 is 9.62 Å². The third-order valence-corrected chi connectivity index (χ3v) is 7.22. The smallest absolute Gasteiger partial charge is 0.327 e. The Kier molecular flexibility index (Phi) is 4.25. The van der Waals surface area contributed by atoms with Gasteiger partial charge in [0.25, 0.3) is 10.0 Å². The highest BCUT2D eigenvalue weighted by Gasteiger charge is 2.43. The Balaban J connectivity index is 2.11. The molecule has 132 valence electrons. The van der Waals surface area contributed by atoms with E-state index in [-0.39, 0.29) is 27.4 Å². The van der Waals surface area contributed by atoms with Crippen molar-refractivity contribution >= 4 is 44.1 Å². The Hall–Kier alpha value is -2.46. The lowest BCUT2D eigenvalue weighted by atomic mass is 10.1. The molecule has 25 heavy (non-hydrogen) atoms. The fourth-order valence-electron chi connectivity index (χ4n) is 2.76. The summed E-state index contributed by atoms with van der Waals surface area (Å²) in [6.45, 7) is 2.80. The quantitative estimate of drug-likeness (QED) is 0.831. The van der Waals surface area contributed by atoms with Crippen molar-refractivity contribution in [3.63, 3.8) is 0 Å². The van der Waals surface area contributed by atoms with Gasteiger partial charge in [0, 0.05) is 13.3 Å². The number of anilines is 2. The first kappa shape index (κ1) is 17.4. The van der Waals surface area contributed by atoms with Crippen LogP contribution in [0.4, 0.5) is 10.8 Å². The van der Waals surface area contributed by atoms with E-state index in [2.05, 4.69) is 10.3 Å². The Morgan fingerprint density at radius 2 is 2.04 bits per heavy atom. The predicted octanol–water partition coefficient (Wildman–Crippen LogP) is 1.61. The predicted molar refractivity (Wildman–Crippen MR) is 92.4 cm³/mol. The fraction of sp³-hybridized carbons (Fsp3) is 0.267. The van der Waals surface area contributed by atoms with Crippen LogP contribution in [0.5, 0.6) is 0 Å². The summed E-state index contributed by atoms with van der Waals surface area (Å²) in [5.74, 6) is -1.59. The number of carboxylic acid groups (broad SMARTS) is 1. The van der Waals surface area contributed by atoms with Gasteiger partial charge in [-0.05, 0) is 18.6 Å². The maximum Gasteiger partial charge on any atom is 0.327 e. The summed E-state index contributed by atoms with van der Waals surface area (Å²) in [6, 6.07) is 5.48. The van der Waals surface area contributed by atoms with E-state index in [1.54, 1.807) is 24.3 Å². The summed E-state index contributed by atoms with van der Waals surface area (Å²) in [5, 5.41) is 12.1. The van der Waals surface area contributed by atoms with Crippen LogP contribution in [0, 0.1) is 6.92 Å². The average Bonchev–Trinajstić information content (AvgIpc) is 3.07. The van der Waals surface area contributed by atoms with Crippen LogP contribution in [0.3, 0.4) is 0 Å². The number of nitrogens with one attached hydrogen (secondary N) is 1. The molecule has 1 unspecified atom stereocenters. The molecule has 10 heteroatoms.